The fourth-order valence-electron chi connectivity index (χ4n) is 3.97. The molecule has 0 amide bonds. The molecule has 7 heteroatoms. The lowest BCUT2D eigenvalue weighted by molar-refractivity contribution is 0.824. The van der Waals surface area contributed by atoms with E-state index in [4.69, 9.17) is 10.1 Å². The molecule has 0 aromatic carbocycles. The first-order valence-electron chi connectivity index (χ1n) is 9.28. The first-order chi connectivity index (χ1) is 12.6. The van der Waals surface area contributed by atoms with Gasteiger partial charge in [0.15, 0.2) is 16.9 Å². The number of nitrogens with one attached hydrogen (secondary N) is 1. The van der Waals surface area contributed by atoms with Crippen LogP contribution < -0.4 is 10.3 Å². The van der Waals surface area contributed by atoms with Crippen molar-refractivity contribution in [2.75, 3.05) is 18.0 Å². The number of aromatic nitrogens is 5. The molecule has 3 aromatic heterocycles. The second-order valence-corrected chi connectivity index (χ2v) is 7.49. The Labute approximate surface area is 151 Å². The van der Waals surface area contributed by atoms with Crippen molar-refractivity contribution in [3.05, 3.63) is 51.5 Å². The highest BCUT2D eigenvalue weighted by atomic mass is 16.1. The first kappa shape index (κ1) is 15.5. The summed E-state index contributed by atoms with van der Waals surface area (Å²) in [7, 11) is 0. The molecule has 7 nitrogen and oxygen atoms in total. The van der Waals surface area contributed by atoms with Gasteiger partial charge >= 0.3 is 0 Å². The second-order valence-electron chi connectivity index (χ2n) is 7.49. The van der Waals surface area contributed by atoms with Crippen LogP contribution in [-0.4, -0.2) is 37.7 Å². The lowest BCUT2D eigenvalue weighted by atomic mass is 10.2. The van der Waals surface area contributed by atoms with Gasteiger partial charge in [0.25, 0.3) is 0 Å². The molecule has 1 saturated carbocycles. The van der Waals surface area contributed by atoms with Crippen molar-refractivity contribution in [1.82, 2.24) is 24.6 Å². The van der Waals surface area contributed by atoms with E-state index in [0.29, 0.717) is 0 Å². The molecule has 2 atom stereocenters. The third kappa shape index (κ3) is 2.50. The van der Waals surface area contributed by atoms with Crippen molar-refractivity contribution in [2.24, 2.45) is 0 Å². The van der Waals surface area contributed by atoms with Crippen molar-refractivity contribution in [3.8, 4) is 0 Å². The third-order valence-electron chi connectivity index (χ3n) is 5.54. The molecule has 0 spiro atoms. The molecule has 134 valence electrons. The average Bonchev–Trinajstić information content (AvgIpc) is 3.06. The van der Waals surface area contributed by atoms with Crippen LogP contribution in [0.4, 0.5) is 5.82 Å². The van der Waals surface area contributed by atoms with Crippen molar-refractivity contribution in [1.29, 1.82) is 0 Å². The highest BCUT2D eigenvalue weighted by Crippen LogP contribution is 2.53. The maximum Gasteiger partial charge on any atom is 0.183 e. The van der Waals surface area contributed by atoms with Crippen LogP contribution in [0.2, 0.25) is 0 Å². The van der Waals surface area contributed by atoms with Crippen LogP contribution in [0.5, 0.6) is 0 Å². The Morgan fingerprint density at radius 3 is 2.73 bits per heavy atom. The number of fused-ring (bicyclic) bond motifs is 1. The molecule has 5 rings (SSSR count). The Morgan fingerprint density at radius 2 is 1.96 bits per heavy atom. The number of nitrogens with zero attached hydrogens (tertiary/aromatic N) is 5. The van der Waals surface area contributed by atoms with Gasteiger partial charge in [-0.1, -0.05) is 0 Å². The average molecular weight is 350 g/mol. The smallest absolute Gasteiger partial charge is 0.183 e. The van der Waals surface area contributed by atoms with Gasteiger partial charge in [-0.3, -0.25) is 9.78 Å². The van der Waals surface area contributed by atoms with E-state index in [9.17, 15) is 4.79 Å². The fourth-order valence-corrected chi connectivity index (χ4v) is 3.97. The van der Waals surface area contributed by atoms with Crippen LogP contribution in [0, 0.1) is 13.8 Å². The van der Waals surface area contributed by atoms with Gasteiger partial charge in [0.05, 0.1) is 11.4 Å². The lowest BCUT2D eigenvalue weighted by Gasteiger charge is -2.18. The topological polar surface area (TPSA) is 79.2 Å². The quantitative estimate of drug-likeness (QED) is 0.784. The van der Waals surface area contributed by atoms with Crippen molar-refractivity contribution in [3.63, 3.8) is 0 Å². The Hall–Kier alpha value is -2.70. The highest BCUT2D eigenvalue weighted by molar-refractivity contribution is 5.45. The highest BCUT2D eigenvalue weighted by Gasteiger charge is 2.43. The van der Waals surface area contributed by atoms with Gasteiger partial charge < -0.3 is 9.88 Å². The van der Waals surface area contributed by atoms with Crippen LogP contribution in [-0.2, 0) is 0 Å². The number of aryl methyl sites for hydroxylation is 2. The van der Waals surface area contributed by atoms with Gasteiger partial charge in [-0.05, 0) is 33.1 Å². The van der Waals surface area contributed by atoms with E-state index in [-0.39, 0.29) is 17.3 Å². The monoisotopic (exact) mass is 350 g/mol. The normalized spacial score (nSPS) is 22.3. The molecule has 0 radical (unpaired) electrons. The van der Waals surface area contributed by atoms with Crippen LogP contribution in [0.3, 0.4) is 0 Å². The molecule has 3 aromatic rings. The molecule has 0 bridgehead atoms. The summed E-state index contributed by atoms with van der Waals surface area (Å²) in [5.74, 6) is 2.35. The van der Waals surface area contributed by atoms with Gasteiger partial charge in [-0.2, -0.15) is 5.10 Å². The Bertz CT molecular complexity index is 1010. The maximum atomic E-state index is 12.2. The molecule has 1 saturated heterocycles. The summed E-state index contributed by atoms with van der Waals surface area (Å²) in [4.78, 5) is 27.0. The minimum Gasteiger partial charge on any atom is -0.358 e. The van der Waals surface area contributed by atoms with Crippen LogP contribution in [0.15, 0.2) is 23.1 Å². The van der Waals surface area contributed by atoms with E-state index in [1.165, 1.54) is 12.8 Å². The van der Waals surface area contributed by atoms with Gasteiger partial charge in [-0.15, -0.1) is 0 Å². The predicted octanol–water partition coefficient (Wildman–Crippen LogP) is 2.30. The van der Waals surface area contributed by atoms with Gasteiger partial charge in [0, 0.05) is 48.9 Å². The molecular formula is C19H22N6O. The summed E-state index contributed by atoms with van der Waals surface area (Å²) in [6.07, 6.45) is 5.18. The van der Waals surface area contributed by atoms with E-state index in [2.05, 4.69) is 14.9 Å². The summed E-state index contributed by atoms with van der Waals surface area (Å²) < 4.78 is 1.87. The SMILES string of the molecule is Cc1ncc(C)n2nc(C3CC3c3cc(=O)cc(N4CCCC4)[nH]3)nc12. The summed E-state index contributed by atoms with van der Waals surface area (Å²) >= 11 is 0. The summed E-state index contributed by atoms with van der Waals surface area (Å²) in [6.45, 7) is 5.98. The number of aromatic amines is 1. The molecule has 2 fully saturated rings. The van der Waals surface area contributed by atoms with Crippen LogP contribution in [0.1, 0.15) is 54.0 Å². The molecule has 1 aliphatic heterocycles. The zero-order valence-corrected chi connectivity index (χ0v) is 15.1. The van der Waals surface area contributed by atoms with Crippen molar-refractivity contribution < 1.29 is 0 Å². The maximum absolute atomic E-state index is 12.2. The minimum absolute atomic E-state index is 0.0742. The second kappa shape index (κ2) is 5.65. The van der Waals surface area contributed by atoms with E-state index in [1.54, 1.807) is 12.1 Å². The summed E-state index contributed by atoms with van der Waals surface area (Å²) in [5, 5.41) is 4.70. The first-order valence-corrected chi connectivity index (χ1v) is 9.28. The molecule has 4 heterocycles. The number of rotatable bonds is 3. The molecule has 2 unspecified atom stereocenters. The zero-order valence-electron chi connectivity index (χ0n) is 15.1. The van der Waals surface area contributed by atoms with E-state index in [1.807, 2.05) is 24.6 Å². The molecule has 1 aliphatic carbocycles. The zero-order chi connectivity index (χ0) is 17.8. The number of pyridine rings is 1. The molecule has 1 N–H and O–H groups in total. The lowest BCUT2D eigenvalue weighted by Crippen LogP contribution is -2.21. The summed E-state index contributed by atoms with van der Waals surface area (Å²) in [6, 6.07) is 3.45. The van der Waals surface area contributed by atoms with Crippen molar-refractivity contribution >= 4 is 11.5 Å². The molecular weight excluding hydrogens is 328 g/mol. The Balaban J connectivity index is 1.46. The number of H-pyrrole nitrogens is 1. The van der Waals surface area contributed by atoms with E-state index >= 15 is 0 Å². The van der Waals surface area contributed by atoms with Crippen LogP contribution in [0.25, 0.3) is 5.65 Å². The third-order valence-corrected chi connectivity index (χ3v) is 5.54. The number of hydrogen-bond acceptors (Lipinski definition) is 5. The Kier molecular flexibility index (Phi) is 3.38. The minimum atomic E-state index is 0.0742. The number of anilines is 1. The Morgan fingerprint density at radius 1 is 1.15 bits per heavy atom. The van der Waals surface area contributed by atoms with Gasteiger partial charge in [-0.25, -0.2) is 9.50 Å². The standard InChI is InChI=1S/C19H22N6O/c1-11-10-20-12(2)19-22-18(23-25(11)19)15-9-14(15)16-7-13(26)8-17(21-16)24-5-3-4-6-24/h7-8,10,14-15H,3-6,9H2,1-2H3,(H,21,26). The predicted molar refractivity (Wildman–Crippen MR) is 98.9 cm³/mol. The molecule has 26 heavy (non-hydrogen) atoms. The van der Waals surface area contributed by atoms with Gasteiger partial charge in [0.2, 0.25) is 0 Å². The number of hydrogen-bond donors (Lipinski definition) is 1. The summed E-state index contributed by atoms with van der Waals surface area (Å²) in [5.41, 5.74) is 3.77. The van der Waals surface area contributed by atoms with E-state index in [0.717, 1.165) is 53.9 Å². The molecule has 2 aliphatic rings. The van der Waals surface area contributed by atoms with Gasteiger partial charge in [0.1, 0.15) is 5.82 Å². The largest absolute Gasteiger partial charge is 0.358 e. The van der Waals surface area contributed by atoms with Crippen molar-refractivity contribution in [2.45, 2.75) is 44.9 Å². The van der Waals surface area contributed by atoms with E-state index < -0.39 is 0 Å². The fraction of sp³-hybridized carbons (Fsp3) is 0.474. The van der Waals surface area contributed by atoms with Crippen LogP contribution >= 0.6 is 0 Å².